The number of hydrogen-bond acceptors (Lipinski definition) is 3. The Morgan fingerprint density at radius 3 is 2.22 bits per heavy atom. The smallest absolute Gasteiger partial charge is 0.243 e. The topological polar surface area (TPSA) is 49.4 Å². The van der Waals surface area contributed by atoms with Crippen molar-refractivity contribution in [2.24, 2.45) is 0 Å². The molecule has 0 bridgehead atoms. The molecule has 2 amide bonds. The van der Waals surface area contributed by atoms with Crippen LogP contribution in [0, 0.1) is 0 Å². The molecule has 0 aliphatic heterocycles. The zero-order valence-corrected chi connectivity index (χ0v) is 24.2. The average Bonchev–Trinajstić information content (AvgIpc) is 2.88. The van der Waals surface area contributed by atoms with E-state index >= 15 is 0 Å². The molecular formula is C28H28Cl4N2O2S. The van der Waals surface area contributed by atoms with Gasteiger partial charge in [0.2, 0.25) is 11.8 Å². The molecule has 3 aromatic rings. The van der Waals surface area contributed by atoms with Crippen LogP contribution in [-0.2, 0) is 28.3 Å². The van der Waals surface area contributed by atoms with Gasteiger partial charge in [0.25, 0.3) is 0 Å². The lowest BCUT2D eigenvalue weighted by molar-refractivity contribution is -0.139. The summed E-state index contributed by atoms with van der Waals surface area (Å²) in [6.07, 6.45) is 1.15. The number of nitrogens with one attached hydrogen (secondary N) is 1. The van der Waals surface area contributed by atoms with Gasteiger partial charge in [-0.1, -0.05) is 95.8 Å². The van der Waals surface area contributed by atoms with Crippen molar-refractivity contribution < 1.29 is 9.59 Å². The van der Waals surface area contributed by atoms with Crippen molar-refractivity contribution in [3.8, 4) is 0 Å². The monoisotopic (exact) mass is 596 g/mol. The second kappa shape index (κ2) is 14.9. The number of halogens is 4. The molecule has 0 fully saturated rings. The van der Waals surface area contributed by atoms with Gasteiger partial charge in [-0.3, -0.25) is 9.59 Å². The number of thioether (sulfide) groups is 1. The van der Waals surface area contributed by atoms with Crippen LogP contribution in [0.4, 0.5) is 0 Å². The molecule has 0 aromatic heterocycles. The third-order valence-corrected chi connectivity index (χ3v) is 8.12. The minimum absolute atomic E-state index is 0.113. The molecule has 4 nitrogen and oxygen atoms in total. The van der Waals surface area contributed by atoms with Crippen LogP contribution in [0.1, 0.15) is 30.0 Å². The summed E-state index contributed by atoms with van der Waals surface area (Å²) in [7, 11) is 0. The van der Waals surface area contributed by atoms with Crippen molar-refractivity contribution >= 4 is 70.0 Å². The standard InChI is InChI=1S/C28H28Cl4N2O2S/c1-2-13-33-28(36)26(15-19-7-4-3-5-8-19)34(16-21-22(29)9-6-10-23(21)30)27(35)18-37-17-20-11-12-24(31)25(32)14-20/h3-12,14,26H,2,13,15-18H2,1H3,(H,33,36). The van der Waals surface area contributed by atoms with Crippen molar-refractivity contribution in [1.82, 2.24) is 10.2 Å². The van der Waals surface area contributed by atoms with Crippen molar-refractivity contribution in [1.29, 1.82) is 0 Å². The van der Waals surface area contributed by atoms with E-state index in [0.717, 1.165) is 17.5 Å². The third-order valence-electron chi connectivity index (χ3n) is 5.69. The van der Waals surface area contributed by atoms with Gasteiger partial charge >= 0.3 is 0 Å². The van der Waals surface area contributed by atoms with Crippen molar-refractivity contribution in [3.05, 3.63) is 104 Å². The maximum absolute atomic E-state index is 13.7. The van der Waals surface area contributed by atoms with E-state index in [-0.39, 0.29) is 24.1 Å². The number of carbonyl (C=O) groups is 2. The van der Waals surface area contributed by atoms with E-state index in [1.807, 2.05) is 43.3 Å². The molecule has 0 radical (unpaired) electrons. The zero-order chi connectivity index (χ0) is 26.8. The molecule has 1 N–H and O–H groups in total. The molecule has 0 aliphatic rings. The van der Waals surface area contributed by atoms with Gasteiger partial charge in [-0.05, 0) is 41.8 Å². The van der Waals surface area contributed by atoms with E-state index < -0.39 is 6.04 Å². The average molecular weight is 598 g/mol. The van der Waals surface area contributed by atoms with Crippen LogP contribution in [0.25, 0.3) is 0 Å². The molecule has 3 aromatic carbocycles. The fourth-order valence-electron chi connectivity index (χ4n) is 3.74. The van der Waals surface area contributed by atoms with E-state index in [1.165, 1.54) is 11.8 Å². The van der Waals surface area contributed by atoms with Gasteiger partial charge in [-0.2, -0.15) is 0 Å². The minimum Gasteiger partial charge on any atom is -0.354 e. The van der Waals surface area contributed by atoms with Crippen LogP contribution >= 0.6 is 58.2 Å². The van der Waals surface area contributed by atoms with Crippen molar-refractivity contribution in [2.75, 3.05) is 12.3 Å². The molecule has 1 unspecified atom stereocenters. The number of amides is 2. The predicted octanol–water partition coefficient (Wildman–Crippen LogP) is 7.70. The van der Waals surface area contributed by atoms with Gasteiger partial charge < -0.3 is 10.2 Å². The summed E-state index contributed by atoms with van der Waals surface area (Å²) in [5.74, 6) is 0.328. The summed E-state index contributed by atoms with van der Waals surface area (Å²) >= 11 is 26.5. The second-order valence-electron chi connectivity index (χ2n) is 8.46. The Morgan fingerprint density at radius 1 is 0.865 bits per heavy atom. The maximum atomic E-state index is 13.7. The largest absolute Gasteiger partial charge is 0.354 e. The first kappa shape index (κ1) is 29.7. The van der Waals surface area contributed by atoms with Crippen LogP contribution in [0.3, 0.4) is 0 Å². The summed E-state index contributed by atoms with van der Waals surface area (Å²) in [5, 5.41) is 4.81. The Labute approximate surface area is 242 Å². The van der Waals surface area contributed by atoms with Crippen LogP contribution in [0.2, 0.25) is 20.1 Å². The molecular weight excluding hydrogens is 570 g/mol. The zero-order valence-electron chi connectivity index (χ0n) is 20.4. The molecule has 196 valence electrons. The molecule has 1 atom stereocenters. The molecule has 0 heterocycles. The molecule has 3 rings (SSSR count). The highest BCUT2D eigenvalue weighted by molar-refractivity contribution is 7.99. The van der Waals surface area contributed by atoms with E-state index in [9.17, 15) is 9.59 Å². The van der Waals surface area contributed by atoms with E-state index in [0.29, 0.717) is 44.4 Å². The molecule has 37 heavy (non-hydrogen) atoms. The Hall–Kier alpha value is -1.89. The van der Waals surface area contributed by atoms with Gasteiger partial charge in [0.1, 0.15) is 6.04 Å². The van der Waals surface area contributed by atoms with E-state index in [4.69, 9.17) is 46.4 Å². The lowest BCUT2D eigenvalue weighted by Crippen LogP contribution is -2.51. The van der Waals surface area contributed by atoms with Gasteiger partial charge in [0, 0.05) is 40.9 Å². The number of rotatable bonds is 12. The Balaban J connectivity index is 1.88. The summed E-state index contributed by atoms with van der Waals surface area (Å²) < 4.78 is 0. The van der Waals surface area contributed by atoms with Gasteiger partial charge in [-0.25, -0.2) is 0 Å². The van der Waals surface area contributed by atoms with Gasteiger partial charge in [-0.15, -0.1) is 11.8 Å². The van der Waals surface area contributed by atoms with Crippen LogP contribution in [0.15, 0.2) is 66.7 Å². The lowest BCUT2D eigenvalue weighted by Gasteiger charge is -2.32. The first-order valence-corrected chi connectivity index (χ1v) is 14.5. The second-order valence-corrected chi connectivity index (χ2v) is 11.1. The number of nitrogens with zero attached hydrogens (tertiary/aromatic N) is 1. The first-order valence-electron chi connectivity index (χ1n) is 11.9. The van der Waals surface area contributed by atoms with Crippen molar-refractivity contribution in [3.63, 3.8) is 0 Å². The third kappa shape index (κ3) is 8.83. The number of hydrogen-bond donors (Lipinski definition) is 1. The Morgan fingerprint density at radius 2 is 1.57 bits per heavy atom. The van der Waals surface area contributed by atoms with E-state index in [2.05, 4.69) is 5.32 Å². The van der Waals surface area contributed by atoms with Gasteiger partial charge in [0.05, 0.1) is 15.8 Å². The molecule has 0 saturated heterocycles. The molecule has 9 heteroatoms. The Kier molecular flexibility index (Phi) is 11.9. The fourth-order valence-corrected chi connectivity index (χ4v) is 5.44. The maximum Gasteiger partial charge on any atom is 0.243 e. The molecule has 0 saturated carbocycles. The summed E-state index contributed by atoms with van der Waals surface area (Å²) in [5.41, 5.74) is 2.51. The van der Waals surface area contributed by atoms with Crippen LogP contribution in [0.5, 0.6) is 0 Å². The van der Waals surface area contributed by atoms with Crippen molar-refractivity contribution in [2.45, 2.75) is 38.1 Å². The van der Waals surface area contributed by atoms with Crippen LogP contribution in [-0.4, -0.2) is 35.1 Å². The Bertz CT molecular complexity index is 1190. The van der Waals surface area contributed by atoms with Crippen LogP contribution < -0.4 is 5.32 Å². The fraction of sp³-hybridized carbons (Fsp3) is 0.286. The highest BCUT2D eigenvalue weighted by Gasteiger charge is 2.31. The quantitative estimate of drug-likeness (QED) is 0.233. The lowest BCUT2D eigenvalue weighted by atomic mass is 10.0. The highest BCUT2D eigenvalue weighted by Crippen LogP contribution is 2.28. The normalized spacial score (nSPS) is 11.7. The first-order chi connectivity index (χ1) is 17.8. The van der Waals surface area contributed by atoms with E-state index in [1.54, 1.807) is 35.2 Å². The number of carbonyl (C=O) groups excluding carboxylic acids is 2. The molecule has 0 aliphatic carbocycles. The highest BCUT2D eigenvalue weighted by atomic mass is 35.5. The summed E-state index contributed by atoms with van der Waals surface area (Å²) in [6, 6.07) is 19.5. The number of benzene rings is 3. The summed E-state index contributed by atoms with van der Waals surface area (Å²) in [6.45, 7) is 2.62. The summed E-state index contributed by atoms with van der Waals surface area (Å²) in [4.78, 5) is 28.6. The predicted molar refractivity (Wildman–Crippen MR) is 157 cm³/mol. The SMILES string of the molecule is CCCNC(=O)C(Cc1ccccc1)N(Cc1c(Cl)cccc1Cl)C(=O)CSCc1ccc(Cl)c(Cl)c1. The molecule has 0 spiro atoms. The van der Waals surface area contributed by atoms with Gasteiger partial charge in [0.15, 0.2) is 0 Å². The minimum atomic E-state index is -0.737.